The Bertz CT molecular complexity index is 911. The molecule has 2 saturated heterocycles. The van der Waals surface area contributed by atoms with E-state index in [1.54, 1.807) is 11.1 Å². The van der Waals surface area contributed by atoms with E-state index in [1.165, 1.54) is 0 Å². The molecule has 2 aliphatic heterocycles. The van der Waals surface area contributed by atoms with E-state index in [4.69, 9.17) is 0 Å². The summed E-state index contributed by atoms with van der Waals surface area (Å²) in [6.07, 6.45) is 6.75. The maximum atomic E-state index is 13.1. The molecule has 6 heteroatoms. The van der Waals surface area contributed by atoms with Crippen LogP contribution < -0.4 is 0 Å². The molecule has 4 rings (SSSR count). The zero-order valence-corrected chi connectivity index (χ0v) is 16.4. The molecule has 3 heterocycles. The third-order valence-corrected chi connectivity index (χ3v) is 6.06. The van der Waals surface area contributed by atoms with Crippen molar-refractivity contribution in [1.82, 2.24) is 14.4 Å². The van der Waals surface area contributed by atoms with E-state index in [0.29, 0.717) is 12.1 Å². The lowest BCUT2D eigenvalue weighted by molar-refractivity contribution is -0.130. The second-order valence-corrected chi connectivity index (χ2v) is 7.95. The highest BCUT2D eigenvalue weighted by molar-refractivity contribution is 6.45. The first-order chi connectivity index (χ1) is 13.6. The number of Topliss-reactive ketones (excluding diaryl/α,β-unsaturated/α-hetero) is 1. The lowest BCUT2D eigenvalue weighted by atomic mass is 10.0. The topological polar surface area (TPSA) is 62.6 Å². The van der Waals surface area contributed by atoms with Gasteiger partial charge in [0.2, 0.25) is 5.91 Å². The highest BCUT2D eigenvalue weighted by atomic mass is 16.2. The standard InChI is InChI=1S/C22H27N3O3/c1-16-8-4-5-13-25(16)22(28)21(27)18-14-24(19-10-3-2-9-17(18)19)15-20(26)23-11-6-7-12-23/h2-3,9-10,14,16H,4-8,11-13,15H2,1H3/t16-/m0/s1. The number of benzene rings is 1. The molecule has 6 nitrogen and oxygen atoms in total. The maximum Gasteiger partial charge on any atom is 0.295 e. The number of rotatable bonds is 4. The average molecular weight is 381 g/mol. The zero-order chi connectivity index (χ0) is 19.7. The summed E-state index contributed by atoms with van der Waals surface area (Å²) < 4.78 is 1.82. The number of aromatic nitrogens is 1. The van der Waals surface area contributed by atoms with Gasteiger partial charge in [0.05, 0.1) is 5.56 Å². The minimum absolute atomic E-state index is 0.0632. The lowest BCUT2D eigenvalue weighted by Crippen LogP contribution is -2.45. The van der Waals surface area contributed by atoms with Crippen molar-refractivity contribution in [1.29, 1.82) is 0 Å². The van der Waals surface area contributed by atoms with Gasteiger partial charge in [-0.1, -0.05) is 18.2 Å². The van der Waals surface area contributed by atoms with Crippen LogP contribution >= 0.6 is 0 Å². The second kappa shape index (κ2) is 7.78. The molecule has 1 aromatic carbocycles. The second-order valence-electron chi connectivity index (χ2n) is 7.95. The van der Waals surface area contributed by atoms with Crippen LogP contribution in [0, 0.1) is 0 Å². The Morgan fingerprint density at radius 3 is 2.46 bits per heavy atom. The third-order valence-electron chi connectivity index (χ3n) is 6.06. The van der Waals surface area contributed by atoms with Gasteiger partial charge in [-0.3, -0.25) is 14.4 Å². The van der Waals surface area contributed by atoms with Gasteiger partial charge in [0.25, 0.3) is 11.7 Å². The zero-order valence-electron chi connectivity index (χ0n) is 16.4. The largest absolute Gasteiger partial charge is 0.341 e. The first kappa shape index (κ1) is 18.7. The number of carbonyl (C=O) groups is 3. The van der Waals surface area contributed by atoms with Crippen LogP contribution in [0.4, 0.5) is 0 Å². The summed E-state index contributed by atoms with van der Waals surface area (Å²) in [5, 5.41) is 0.736. The molecule has 0 saturated carbocycles. The van der Waals surface area contributed by atoms with Crippen LogP contribution in [0.15, 0.2) is 30.5 Å². The van der Waals surface area contributed by atoms with Crippen molar-refractivity contribution < 1.29 is 14.4 Å². The Morgan fingerprint density at radius 2 is 1.71 bits per heavy atom. The van der Waals surface area contributed by atoms with Gasteiger partial charge in [0.1, 0.15) is 6.54 Å². The number of hydrogen-bond acceptors (Lipinski definition) is 3. The van der Waals surface area contributed by atoms with Gasteiger partial charge in [0, 0.05) is 42.8 Å². The van der Waals surface area contributed by atoms with Crippen molar-refractivity contribution in [3.05, 3.63) is 36.0 Å². The number of carbonyl (C=O) groups excluding carboxylic acids is 3. The predicted octanol–water partition coefficient (Wildman–Crippen LogP) is 2.85. The number of para-hydroxylation sites is 1. The lowest BCUT2D eigenvalue weighted by Gasteiger charge is -2.32. The van der Waals surface area contributed by atoms with E-state index < -0.39 is 11.7 Å². The van der Waals surface area contributed by atoms with Crippen LogP contribution in [0.25, 0.3) is 10.9 Å². The number of amides is 2. The van der Waals surface area contributed by atoms with Crippen molar-refractivity contribution in [2.45, 2.75) is 51.6 Å². The molecule has 2 aromatic rings. The van der Waals surface area contributed by atoms with Crippen LogP contribution in [-0.4, -0.2) is 57.6 Å². The molecule has 0 radical (unpaired) electrons. The van der Waals surface area contributed by atoms with Gasteiger partial charge in [-0.05, 0) is 45.1 Å². The monoisotopic (exact) mass is 381 g/mol. The summed E-state index contributed by atoms with van der Waals surface area (Å²) >= 11 is 0. The molecule has 2 amide bonds. The first-order valence-electron chi connectivity index (χ1n) is 10.3. The molecule has 148 valence electrons. The summed E-state index contributed by atoms with van der Waals surface area (Å²) in [7, 11) is 0. The smallest absolute Gasteiger partial charge is 0.295 e. The summed E-state index contributed by atoms with van der Waals surface area (Å²) in [6.45, 7) is 4.44. The number of likely N-dealkylation sites (tertiary alicyclic amines) is 2. The van der Waals surface area contributed by atoms with E-state index in [1.807, 2.05) is 40.7 Å². The SMILES string of the molecule is C[C@H]1CCCCN1C(=O)C(=O)c1cn(CC(=O)N2CCCC2)c2ccccc12. The van der Waals surface area contributed by atoms with Gasteiger partial charge < -0.3 is 14.4 Å². The van der Waals surface area contributed by atoms with Crippen molar-refractivity contribution >= 4 is 28.5 Å². The maximum absolute atomic E-state index is 13.1. The van der Waals surface area contributed by atoms with Crippen LogP contribution in [-0.2, 0) is 16.1 Å². The fraction of sp³-hybridized carbons (Fsp3) is 0.500. The fourth-order valence-corrected chi connectivity index (χ4v) is 4.42. The Morgan fingerprint density at radius 1 is 1.00 bits per heavy atom. The molecule has 0 bridgehead atoms. The number of hydrogen-bond donors (Lipinski definition) is 0. The minimum atomic E-state index is -0.475. The summed E-state index contributed by atoms with van der Waals surface area (Å²) in [5.74, 6) is -0.841. The van der Waals surface area contributed by atoms with Crippen LogP contribution in [0.3, 0.4) is 0 Å². The third kappa shape index (κ3) is 3.43. The Kier molecular flexibility index (Phi) is 5.20. The van der Waals surface area contributed by atoms with E-state index in [0.717, 1.165) is 56.1 Å². The van der Waals surface area contributed by atoms with Crippen LogP contribution in [0.5, 0.6) is 0 Å². The molecule has 2 fully saturated rings. The van der Waals surface area contributed by atoms with E-state index in [-0.39, 0.29) is 18.5 Å². The molecule has 0 spiro atoms. The quantitative estimate of drug-likeness (QED) is 0.604. The molecule has 2 aliphatic rings. The van der Waals surface area contributed by atoms with Crippen molar-refractivity contribution in [3.8, 4) is 0 Å². The van der Waals surface area contributed by atoms with E-state index in [2.05, 4.69) is 0 Å². The number of nitrogens with zero attached hydrogens (tertiary/aromatic N) is 3. The van der Waals surface area contributed by atoms with Crippen molar-refractivity contribution in [2.24, 2.45) is 0 Å². The predicted molar refractivity (Wildman–Crippen MR) is 107 cm³/mol. The highest BCUT2D eigenvalue weighted by Crippen LogP contribution is 2.24. The van der Waals surface area contributed by atoms with Gasteiger partial charge in [-0.2, -0.15) is 0 Å². The summed E-state index contributed by atoms with van der Waals surface area (Å²) in [5.41, 5.74) is 1.21. The molecule has 0 N–H and O–H groups in total. The Balaban J connectivity index is 1.62. The molecule has 1 aromatic heterocycles. The number of ketones is 1. The summed E-state index contributed by atoms with van der Waals surface area (Å²) in [4.78, 5) is 42.1. The number of fused-ring (bicyclic) bond motifs is 1. The van der Waals surface area contributed by atoms with Gasteiger partial charge in [-0.15, -0.1) is 0 Å². The summed E-state index contributed by atoms with van der Waals surface area (Å²) in [6, 6.07) is 7.60. The Hall–Kier alpha value is -2.63. The Labute approximate surface area is 165 Å². The van der Waals surface area contributed by atoms with Crippen LogP contribution in [0.1, 0.15) is 49.4 Å². The first-order valence-corrected chi connectivity index (χ1v) is 10.3. The fourth-order valence-electron chi connectivity index (χ4n) is 4.42. The van der Waals surface area contributed by atoms with Crippen molar-refractivity contribution in [3.63, 3.8) is 0 Å². The highest BCUT2D eigenvalue weighted by Gasteiger charge is 2.31. The van der Waals surface area contributed by atoms with Gasteiger partial charge in [-0.25, -0.2) is 0 Å². The van der Waals surface area contributed by atoms with E-state index in [9.17, 15) is 14.4 Å². The average Bonchev–Trinajstić information content (AvgIpc) is 3.36. The molecule has 1 atom stereocenters. The van der Waals surface area contributed by atoms with Gasteiger partial charge >= 0.3 is 0 Å². The number of piperidine rings is 1. The minimum Gasteiger partial charge on any atom is -0.341 e. The molecule has 0 aliphatic carbocycles. The normalized spacial score (nSPS) is 20.0. The molecule has 0 unspecified atom stereocenters. The molecule has 28 heavy (non-hydrogen) atoms. The van der Waals surface area contributed by atoms with Crippen LogP contribution in [0.2, 0.25) is 0 Å². The molecular formula is C22H27N3O3. The van der Waals surface area contributed by atoms with Gasteiger partial charge in [0.15, 0.2) is 0 Å². The molecular weight excluding hydrogens is 354 g/mol. The van der Waals surface area contributed by atoms with Crippen molar-refractivity contribution in [2.75, 3.05) is 19.6 Å². The van der Waals surface area contributed by atoms with E-state index >= 15 is 0 Å².